The molecular formula is C45H56N6O18. The highest BCUT2D eigenvalue weighted by Gasteiger charge is 2.50. The molecule has 24 heteroatoms. The molecular weight excluding hydrogens is 913 g/mol. The molecule has 2 fully saturated rings. The Labute approximate surface area is 395 Å². The second-order valence-electron chi connectivity index (χ2n) is 17.2. The van der Waals surface area contributed by atoms with Gasteiger partial charge in [0.05, 0.1) is 62.3 Å². The van der Waals surface area contributed by atoms with Crippen LogP contribution in [0, 0.1) is 10.1 Å². The second-order valence-corrected chi connectivity index (χ2v) is 17.2. The van der Waals surface area contributed by atoms with Gasteiger partial charge in [-0.2, -0.15) is 0 Å². The van der Waals surface area contributed by atoms with E-state index in [0.29, 0.717) is 12.8 Å². The number of amides is 2. The average molecular weight is 969 g/mol. The van der Waals surface area contributed by atoms with Gasteiger partial charge in [-0.15, -0.1) is 0 Å². The van der Waals surface area contributed by atoms with Gasteiger partial charge in [-0.05, 0) is 37.7 Å². The number of imidazole rings is 1. The number of aromatic hydroxyl groups is 2. The van der Waals surface area contributed by atoms with Crippen LogP contribution in [0.1, 0.15) is 94.3 Å². The van der Waals surface area contributed by atoms with Crippen LogP contribution < -0.4 is 10.1 Å². The number of ketones is 3. The lowest BCUT2D eigenvalue weighted by Crippen LogP contribution is -2.56. The number of hydrogen-bond donors (Lipinski definition) is 5. The molecule has 2 aliphatic carbocycles. The van der Waals surface area contributed by atoms with Crippen LogP contribution in [0.15, 0.2) is 24.4 Å². The largest absolute Gasteiger partial charge is 0.507 e. The standard InChI is InChI=1S/C45H56N6O18/c1-23-37(53)28(46-11-13-49(43(58)66-16-15-63-4)21-31-50(12-6-7-14-65-31)44(59)67-22-25-20-47-42(48(25)3)51(61)62)17-32(68-23)69-30-19-45(60,24(2)52)18-27-34(30)41(57)36-35(39(27)55)38(54)26-9-8-10-29(64-5)33(26)40(36)56/h8-10,20,23,28,30-32,37,46,53,55,57,60H,6-7,11-19,21-22H2,1-5H3/t23-,28?,30-,31?,32-,37+,45-/m0/s1. The lowest BCUT2D eigenvalue weighted by atomic mass is 9.72. The molecule has 2 amide bonds. The predicted octanol–water partition coefficient (Wildman–Crippen LogP) is 2.16. The summed E-state index contributed by atoms with van der Waals surface area (Å²) in [6, 6.07) is 3.57. The van der Waals surface area contributed by atoms with Gasteiger partial charge in [0, 0.05) is 75.3 Å². The van der Waals surface area contributed by atoms with E-state index in [4.69, 9.17) is 33.2 Å². The number of hydrogen-bond acceptors (Lipinski definition) is 20. The summed E-state index contributed by atoms with van der Waals surface area (Å²) in [6.45, 7) is 2.69. The van der Waals surface area contributed by atoms with Gasteiger partial charge in [0.2, 0.25) is 5.78 Å². The fourth-order valence-corrected chi connectivity index (χ4v) is 9.12. The maximum atomic E-state index is 14.1. The molecule has 374 valence electrons. The fourth-order valence-electron chi connectivity index (χ4n) is 9.12. The molecule has 5 N–H and O–H groups in total. The third kappa shape index (κ3) is 10.2. The van der Waals surface area contributed by atoms with Crippen LogP contribution in [0.25, 0.3) is 0 Å². The van der Waals surface area contributed by atoms with E-state index in [0.717, 1.165) is 6.92 Å². The highest BCUT2D eigenvalue weighted by Crippen LogP contribution is 2.52. The van der Waals surface area contributed by atoms with Gasteiger partial charge in [-0.25, -0.2) is 14.2 Å². The lowest BCUT2D eigenvalue weighted by molar-refractivity contribution is -0.396. The number of nitrogens with one attached hydrogen (secondary N) is 1. The molecule has 2 aromatic carbocycles. The number of phenols is 2. The highest BCUT2D eigenvalue weighted by atomic mass is 16.7. The molecule has 0 spiro atoms. The van der Waals surface area contributed by atoms with E-state index in [-0.39, 0.29) is 92.7 Å². The molecule has 0 saturated carbocycles. The van der Waals surface area contributed by atoms with Gasteiger partial charge in [0.1, 0.15) is 35.7 Å². The maximum Gasteiger partial charge on any atom is 0.434 e. The minimum atomic E-state index is -2.15. The summed E-state index contributed by atoms with van der Waals surface area (Å²) in [6.07, 6.45) is -5.84. The van der Waals surface area contributed by atoms with Crippen LogP contribution in [-0.4, -0.2) is 171 Å². The minimum Gasteiger partial charge on any atom is -0.507 e. The second kappa shape index (κ2) is 21.2. The summed E-state index contributed by atoms with van der Waals surface area (Å²) in [5, 5.41) is 61.2. The Morgan fingerprint density at radius 3 is 2.52 bits per heavy atom. The normalized spacial score (nSPS) is 24.4. The Balaban J connectivity index is 1.08. The lowest BCUT2D eigenvalue weighted by Gasteiger charge is -2.43. The van der Waals surface area contributed by atoms with E-state index in [1.54, 1.807) is 6.92 Å². The molecule has 0 bridgehead atoms. The molecule has 69 heavy (non-hydrogen) atoms. The number of nitro groups is 1. The number of nitrogens with zero attached hydrogens (tertiary/aromatic N) is 5. The first kappa shape index (κ1) is 50.6. The summed E-state index contributed by atoms with van der Waals surface area (Å²) in [4.78, 5) is 85.0. The molecule has 0 radical (unpaired) electrons. The zero-order valence-electron chi connectivity index (χ0n) is 38.7. The van der Waals surface area contributed by atoms with Gasteiger partial charge in [-0.1, -0.05) is 17.1 Å². The zero-order chi connectivity index (χ0) is 49.9. The first-order chi connectivity index (χ1) is 32.9. The van der Waals surface area contributed by atoms with Crippen LogP contribution in [0.3, 0.4) is 0 Å². The quantitative estimate of drug-likeness (QED) is 0.0465. The predicted molar refractivity (Wildman–Crippen MR) is 235 cm³/mol. The number of Topliss-reactive ketones (excluding diaryl/α,β-unsaturated/α-hetero) is 1. The Kier molecular flexibility index (Phi) is 15.5. The average Bonchev–Trinajstić information content (AvgIpc) is 3.53. The molecule has 2 saturated heterocycles. The summed E-state index contributed by atoms with van der Waals surface area (Å²) in [5.41, 5.74) is -3.37. The minimum absolute atomic E-state index is 0.0369. The zero-order valence-corrected chi connectivity index (χ0v) is 38.7. The number of aromatic nitrogens is 2. The van der Waals surface area contributed by atoms with Crippen LogP contribution >= 0.6 is 0 Å². The number of methoxy groups -OCH3 is 2. The van der Waals surface area contributed by atoms with Gasteiger partial charge < -0.3 is 73.9 Å². The smallest absolute Gasteiger partial charge is 0.434 e. The van der Waals surface area contributed by atoms with Crippen molar-refractivity contribution in [3.63, 3.8) is 0 Å². The number of fused-ring (bicyclic) bond motifs is 3. The maximum absolute atomic E-state index is 14.1. The number of benzene rings is 2. The number of ether oxygens (including phenoxy) is 7. The van der Waals surface area contributed by atoms with Crippen LogP contribution in [0.5, 0.6) is 17.2 Å². The molecule has 1 aromatic heterocycles. The van der Waals surface area contributed by atoms with Crippen molar-refractivity contribution in [2.45, 2.75) is 95.0 Å². The summed E-state index contributed by atoms with van der Waals surface area (Å²) in [7, 11) is 4.17. The number of phenolic OH excluding ortho intramolecular Hbond substituents is 2. The SMILES string of the molecule is COCCOC(=O)N(CCNC1C[C@H](O[C@H]2C[C@](O)(C(C)=O)Cc3c(O)c4c(c(O)c32)C(=O)c2c(OC)cccc2C4=O)O[C@@H](C)[C@H]1O)CC1OCCCCN1C(=O)OCc1cnc([N+](=O)[O-])n1C. The highest BCUT2D eigenvalue weighted by molar-refractivity contribution is 6.31. The number of aliphatic hydroxyl groups excluding tert-OH is 1. The van der Waals surface area contributed by atoms with Crippen molar-refractivity contribution in [1.29, 1.82) is 0 Å². The molecule has 4 aliphatic rings. The summed E-state index contributed by atoms with van der Waals surface area (Å²) < 4.78 is 41.1. The van der Waals surface area contributed by atoms with Crippen molar-refractivity contribution in [2.24, 2.45) is 7.05 Å². The molecule has 7 rings (SSSR count). The van der Waals surface area contributed by atoms with Gasteiger partial charge >= 0.3 is 18.1 Å². The van der Waals surface area contributed by atoms with E-state index < -0.39 is 118 Å². The monoisotopic (exact) mass is 968 g/mol. The van der Waals surface area contributed by atoms with Crippen molar-refractivity contribution in [3.8, 4) is 17.2 Å². The van der Waals surface area contributed by atoms with E-state index in [2.05, 4.69) is 10.3 Å². The molecule has 3 aromatic rings. The molecule has 3 heterocycles. The Morgan fingerprint density at radius 2 is 1.83 bits per heavy atom. The van der Waals surface area contributed by atoms with Crippen molar-refractivity contribution < 1.29 is 82.5 Å². The summed E-state index contributed by atoms with van der Waals surface area (Å²) in [5.74, 6) is -4.04. The summed E-state index contributed by atoms with van der Waals surface area (Å²) >= 11 is 0. The van der Waals surface area contributed by atoms with E-state index in [1.165, 1.54) is 60.0 Å². The Hall–Kier alpha value is -6.28. The number of rotatable bonds is 16. The number of carbonyl (C=O) groups excluding carboxylic acids is 5. The third-order valence-electron chi connectivity index (χ3n) is 12.9. The van der Waals surface area contributed by atoms with Crippen molar-refractivity contribution >= 4 is 35.5 Å². The van der Waals surface area contributed by atoms with E-state index >= 15 is 0 Å². The van der Waals surface area contributed by atoms with Crippen LogP contribution in [0.2, 0.25) is 0 Å². The van der Waals surface area contributed by atoms with Gasteiger partial charge in [0.15, 0.2) is 36.4 Å². The van der Waals surface area contributed by atoms with Crippen molar-refractivity contribution in [3.05, 3.63) is 73.6 Å². The van der Waals surface area contributed by atoms with Crippen LogP contribution in [0.4, 0.5) is 15.5 Å². The topological polar surface area (TPSA) is 310 Å². The van der Waals surface area contributed by atoms with Gasteiger partial charge in [0.25, 0.3) is 0 Å². The molecule has 24 nitrogen and oxygen atoms in total. The number of carbonyl (C=O) groups is 5. The number of aliphatic hydroxyl groups is 2. The van der Waals surface area contributed by atoms with Crippen molar-refractivity contribution in [2.75, 3.05) is 60.2 Å². The fraction of sp³-hybridized carbons (Fsp3) is 0.556. The molecule has 2 aliphatic heterocycles. The van der Waals surface area contributed by atoms with E-state index in [1.807, 2.05) is 0 Å². The van der Waals surface area contributed by atoms with Crippen molar-refractivity contribution in [1.82, 2.24) is 24.7 Å². The molecule has 2 unspecified atom stereocenters. The van der Waals surface area contributed by atoms with E-state index in [9.17, 15) is 54.5 Å². The Morgan fingerprint density at radius 1 is 1.07 bits per heavy atom. The first-order valence-corrected chi connectivity index (χ1v) is 22.3. The third-order valence-corrected chi connectivity index (χ3v) is 12.9. The molecule has 7 atom stereocenters. The van der Waals surface area contributed by atoms with Crippen LogP contribution in [-0.2, 0) is 53.3 Å². The Bertz CT molecular complexity index is 2480. The van der Waals surface area contributed by atoms with Gasteiger partial charge in [-0.3, -0.25) is 19.3 Å². The first-order valence-electron chi connectivity index (χ1n) is 22.3.